The van der Waals surface area contributed by atoms with Gasteiger partial charge in [0.15, 0.2) is 5.84 Å². The summed E-state index contributed by atoms with van der Waals surface area (Å²) in [6.07, 6.45) is -4.60. The van der Waals surface area contributed by atoms with E-state index in [0.717, 1.165) is 11.8 Å². The van der Waals surface area contributed by atoms with E-state index in [1.54, 1.807) is 13.8 Å². The minimum absolute atomic E-state index is 0.0689. The van der Waals surface area contributed by atoms with Gasteiger partial charge in [0.2, 0.25) is 5.91 Å². The van der Waals surface area contributed by atoms with E-state index in [1.807, 2.05) is 0 Å². The molecule has 0 aliphatic carbocycles. The summed E-state index contributed by atoms with van der Waals surface area (Å²) >= 11 is 0.778. The molecule has 0 saturated heterocycles. The third-order valence-corrected chi connectivity index (χ3v) is 2.87. The highest BCUT2D eigenvalue weighted by Gasteiger charge is 2.42. The number of halogens is 3. The molecule has 4 N–H and O–H groups in total. The summed E-state index contributed by atoms with van der Waals surface area (Å²) in [5.41, 5.74) is 4.97. The molecule has 0 aliphatic heterocycles. The van der Waals surface area contributed by atoms with Gasteiger partial charge in [0.1, 0.15) is 5.92 Å². The zero-order valence-electron chi connectivity index (χ0n) is 9.99. The van der Waals surface area contributed by atoms with Crippen molar-refractivity contribution < 1.29 is 23.2 Å². The van der Waals surface area contributed by atoms with Crippen LogP contribution in [0.5, 0.6) is 0 Å². The second kappa shape index (κ2) is 7.34. The van der Waals surface area contributed by atoms with Gasteiger partial charge in [0, 0.05) is 11.8 Å². The number of nitrogens with two attached hydrogens (primary N) is 1. The molecule has 18 heavy (non-hydrogen) atoms. The van der Waals surface area contributed by atoms with E-state index < -0.39 is 23.7 Å². The van der Waals surface area contributed by atoms with Gasteiger partial charge in [-0.3, -0.25) is 4.79 Å². The molecule has 0 bridgehead atoms. The number of carbonyl (C=O) groups excluding carboxylic acids is 1. The molecule has 0 aliphatic rings. The molecule has 0 saturated carbocycles. The molecule has 9 heteroatoms. The average Bonchev–Trinajstić information content (AvgIpc) is 2.20. The van der Waals surface area contributed by atoms with Crippen LogP contribution in [-0.4, -0.2) is 40.7 Å². The van der Waals surface area contributed by atoms with E-state index in [-0.39, 0.29) is 17.7 Å². The number of oxime groups is 1. The van der Waals surface area contributed by atoms with Gasteiger partial charge in [-0.2, -0.15) is 24.9 Å². The average molecular weight is 287 g/mol. The van der Waals surface area contributed by atoms with E-state index in [4.69, 9.17) is 10.9 Å². The first-order valence-electron chi connectivity index (χ1n) is 5.09. The van der Waals surface area contributed by atoms with E-state index in [0.29, 0.717) is 0 Å². The van der Waals surface area contributed by atoms with Crippen LogP contribution in [0.15, 0.2) is 5.16 Å². The molecule has 0 rings (SSSR count). The molecule has 0 radical (unpaired) electrons. The molecule has 1 unspecified atom stereocenters. The minimum atomic E-state index is -4.60. The van der Waals surface area contributed by atoms with Crippen molar-refractivity contribution >= 4 is 23.5 Å². The Bertz CT molecular complexity index is 308. The Morgan fingerprint density at radius 1 is 1.50 bits per heavy atom. The number of amidine groups is 1. The highest BCUT2D eigenvalue weighted by molar-refractivity contribution is 7.99. The van der Waals surface area contributed by atoms with Gasteiger partial charge in [0.05, 0.1) is 5.75 Å². The summed E-state index contributed by atoms with van der Waals surface area (Å²) in [6, 6.07) is -0.0689. The molecule has 0 fully saturated rings. The SMILES string of the molecule is CC(C)NC(=O)CSCC(C(N)=NO)C(F)(F)F. The van der Waals surface area contributed by atoms with Crippen molar-refractivity contribution in [2.24, 2.45) is 16.8 Å². The van der Waals surface area contributed by atoms with E-state index in [9.17, 15) is 18.0 Å². The van der Waals surface area contributed by atoms with Crippen molar-refractivity contribution in [1.29, 1.82) is 0 Å². The number of hydrogen-bond acceptors (Lipinski definition) is 4. The summed E-state index contributed by atoms with van der Waals surface area (Å²) in [5.74, 6) is -3.89. The van der Waals surface area contributed by atoms with Crippen molar-refractivity contribution in [3.63, 3.8) is 0 Å². The van der Waals surface area contributed by atoms with Crippen molar-refractivity contribution in [3.05, 3.63) is 0 Å². The number of nitrogens with one attached hydrogen (secondary N) is 1. The van der Waals surface area contributed by atoms with Crippen molar-refractivity contribution in [2.45, 2.75) is 26.1 Å². The largest absolute Gasteiger partial charge is 0.409 e. The fourth-order valence-corrected chi connectivity index (χ4v) is 2.03. The van der Waals surface area contributed by atoms with Gasteiger partial charge in [-0.1, -0.05) is 5.16 Å². The monoisotopic (exact) mass is 287 g/mol. The van der Waals surface area contributed by atoms with Gasteiger partial charge in [-0.05, 0) is 13.8 Å². The van der Waals surface area contributed by atoms with E-state index in [2.05, 4.69) is 10.5 Å². The van der Waals surface area contributed by atoms with Gasteiger partial charge in [-0.15, -0.1) is 0 Å². The molecule has 5 nitrogen and oxygen atoms in total. The highest BCUT2D eigenvalue weighted by Crippen LogP contribution is 2.29. The van der Waals surface area contributed by atoms with Crippen molar-refractivity contribution in [1.82, 2.24) is 5.32 Å². The number of alkyl halides is 3. The summed E-state index contributed by atoms with van der Waals surface area (Å²) in [6.45, 7) is 3.50. The van der Waals surface area contributed by atoms with Gasteiger partial charge in [0.25, 0.3) is 0 Å². The second-order valence-electron chi connectivity index (χ2n) is 3.86. The van der Waals surface area contributed by atoms with Gasteiger partial charge >= 0.3 is 6.18 Å². The van der Waals surface area contributed by atoms with E-state index >= 15 is 0 Å². The molecule has 0 spiro atoms. The van der Waals surface area contributed by atoms with Crippen LogP contribution in [0.1, 0.15) is 13.8 Å². The Hall–Kier alpha value is -1.12. The molecular weight excluding hydrogens is 271 g/mol. The first-order valence-corrected chi connectivity index (χ1v) is 6.25. The predicted octanol–water partition coefficient (Wildman–Crippen LogP) is 1.17. The van der Waals surface area contributed by atoms with Crippen LogP contribution in [0.3, 0.4) is 0 Å². The number of rotatable bonds is 6. The summed E-state index contributed by atoms with van der Waals surface area (Å²) in [4.78, 5) is 11.2. The lowest BCUT2D eigenvalue weighted by atomic mass is 10.1. The standard InChI is InChI=1S/C9H16F3N3O2S/c1-5(2)14-7(16)4-18-3-6(8(13)15-17)9(10,11)12/h5-6,17H,3-4H2,1-2H3,(H2,13,15)(H,14,16). The molecule has 0 aromatic carbocycles. The Labute approximate surface area is 107 Å². The topological polar surface area (TPSA) is 87.7 Å². The maximum absolute atomic E-state index is 12.5. The van der Waals surface area contributed by atoms with Crippen LogP contribution in [0.25, 0.3) is 0 Å². The highest BCUT2D eigenvalue weighted by atomic mass is 32.2. The Morgan fingerprint density at radius 3 is 2.44 bits per heavy atom. The fourth-order valence-electron chi connectivity index (χ4n) is 1.05. The normalized spacial score (nSPS) is 14.7. The number of carbonyl (C=O) groups is 1. The maximum Gasteiger partial charge on any atom is 0.399 e. The van der Waals surface area contributed by atoms with Crippen molar-refractivity contribution in [3.8, 4) is 0 Å². The van der Waals surface area contributed by atoms with Crippen LogP contribution in [0.4, 0.5) is 13.2 Å². The van der Waals surface area contributed by atoms with Gasteiger partial charge < -0.3 is 16.3 Å². The number of thioether (sulfide) groups is 1. The lowest BCUT2D eigenvalue weighted by molar-refractivity contribution is -0.150. The molecule has 0 aromatic heterocycles. The molecule has 0 aromatic rings. The van der Waals surface area contributed by atoms with Crippen LogP contribution >= 0.6 is 11.8 Å². The lowest BCUT2D eigenvalue weighted by Crippen LogP contribution is -2.38. The minimum Gasteiger partial charge on any atom is -0.409 e. The quantitative estimate of drug-likeness (QED) is 0.296. The number of nitrogens with zero attached hydrogens (tertiary/aromatic N) is 1. The summed E-state index contributed by atoms with van der Waals surface area (Å²) in [5, 5.41) is 13.2. The zero-order chi connectivity index (χ0) is 14.3. The first-order chi connectivity index (χ1) is 8.18. The lowest BCUT2D eigenvalue weighted by Gasteiger charge is -2.18. The van der Waals surface area contributed by atoms with Crippen molar-refractivity contribution in [2.75, 3.05) is 11.5 Å². The molecule has 1 amide bonds. The maximum atomic E-state index is 12.5. The van der Waals surface area contributed by atoms with Crippen LogP contribution < -0.4 is 11.1 Å². The Morgan fingerprint density at radius 2 is 2.06 bits per heavy atom. The first kappa shape index (κ1) is 16.9. The predicted molar refractivity (Wildman–Crippen MR) is 63.6 cm³/mol. The summed E-state index contributed by atoms with van der Waals surface area (Å²) in [7, 11) is 0. The molecular formula is C9H16F3N3O2S. The Kier molecular flexibility index (Phi) is 6.89. The van der Waals surface area contributed by atoms with Crippen LogP contribution in [0, 0.1) is 5.92 Å². The second-order valence-corrected chi connectivity index (χ2v) is 4.89. The third-order valence-electron chi connectivity index (χ3n) is 1.83. The molecule has 1 atom stereocenters. The third kappa shape index (κ3) is 6.58. The van der Waals surface area contributed by atoms with Crippen LogP contribution in [0.2, 0.25) is 0 Å². The fraction of sp³-hybridized carbons (Fsp3) is 0.778. The molecule has 0 heterocycles. The van der Waals surface area contributed by atoms with E-state index in [1.165, 1.54) is 0 Å². The summed E-state index contributed by atoms with van der Waals surface area (Å²) < 4.78 is 37.5. The molecule has 106 valence electrons. The number of hydrogen-bond donors (Lipinski definition) is 3. The van der Waals surface area contributed by atoms with Gasteiger partial charge in [-0.25, -0.2) is 0 Å². The number of amides is 1. The smallest absolute Gasteiger partial charge is 0.399 e. The Balaban J connectivity index is 4.26. The van der Waals surface area contributed by atoms with Crippen LogP contribution in [-0.2, 0) is 4.79 Å². The zero-order valence-corrected chi connectivity index (χ0v) is 10.8.